The maximum Gasteiger partial charge on any atom is 0.250 e. The summed E-state index contributed by atoms with van der Waals surface area (Å²) in [5.41, 5.74) is 1.15. The van der Waals surface area contributed by atoms with Crippen LogP contribution in [0.3, 0.4) is 0 Å². The number of hydrogen-bond acceptors (Lipinski definition) is 5. The first-order valence-corrected chi connectivity index (χ1v) is 16.3. The molecule has 0 amide bonds. The van der Waals surface area contributed by atoms with Gasteiger partial charge in [0.1, 0.15) is 16.1 Å². The molecular formula is C23H33BrO3S2Si. The van der Waals surface area contributed by atoms with Crippen LogP contribution in [0.15, 0.2) is 52.4 Å². The molecule has 1 aromatic carbocycles. The summed E-state index contributed by atoms with van der Waals surface area (Å²) in [5, 5.41) is 0.135. The molecule has 30 heavy (non-hydrogen) atoms. The van der Waals surface area contributed by atoms with Crippen molar-refractivity contribution in [3.05, 3.63) is 58.0 Å². The van der Waals surface area contributed by atoms with Gasteiger partial charge >= 0.3 is 0 Å². The topological polar surface area (TPSA) is 27.7 Å². The Morgan fingerprint density at radius 2 is 1.77 bits per heavy atom. The standard InChI is InChI=1S/C23H33BrO3S2Si/c1-23(2,3)30(4,5)27-19-11-12-20(22-28-13-6-14-29-22)26-21(19)16-25-15-17-7-9-18(24)10-8-17/h7-12,21-22H,6,13-16H2,1-5H3/t21-/m0/s1. The van der Waals surface area contributed by atoms with Crippen LogP contribution in [0.4, 0.5) is 0 Å². The van der Waals surface area contributed by atoms with Crippen LogP contribution in [0.25, 0.3) is 0 Å². The summed E-state index contributed by atoms with van der Waals surface area (Å²) in [6.07, 6.45) is 5.32. The number of allylic oxidation sites excluding steroid dienone is 2. The molecule has 2 heterocycles. The summed E-state index contributed by atoms with van der Waals surface area (Å²) in [4.78, 5) is 0. The molecule has 7 heteroatoms. The number of rotatable bonds is 7. The van der Waals surface area contributed by atoms with E-state index in [1.54, 1.807) is 0 Å². The average Bonchev–Trinajstić information content (AvgIpc) is 2.70. The van der Waals surface area contributed by atoms with Gasteiger partial charge in [-0.15, -0.1) is 23.5 Å². The zero-order valence-electron chi connectivity index (χ0n) is 18.6. The fourth-order valence-electron chi connectivity index (χ4n) is 2.85. The van der Waals surface area contributed by atoms with Crippen LogP contribution in [-0.4, -0.2) is 37.1 Å². The third-order valence-electron chi connectivity index (χ3n) is 5.70. The Labute approximate surface area is 199 Å². The van der Waals surface area contributed by atoms with Crippen molar-refractivity contribution in [1.82, 2.24) is 0 Å². The highest BCUT2D eigenvalue weighted by Crippen LogP contribution is 2.41. The van der Waals surface area contributed by atoms with Gasteiger partial charge in [-0.2, -0.15) is 0 Å². The van der Waals surface area contributed by atoms with Crippen LogP contribution in [0.5, 0.6) is 0 Å². The SMILES string of the molecule is CC(C)(C)[Si](C)(C)OC1=CC=C(C2SCCCS2)O[C@H]1COCc1ccc(Br)cc1. The van der Waals surface area contributed by atoms with E-state index in [9.17, 15) is 0 Å². The molecule has 0 aromatic heterocycles. The maximum absolute atomic E-state index is 6.64. The fourth-order valence-corrected chi connectivity index (χ4v) is 7.00. The predicted octanol–water partition coefficient (Wildman–Crippen LogP) is 7.35. The Bertz CT molecular complexity index is 766. The van der Waals surface area contributed by atoms with Gasteiger partial charge in [0.2, 0.25) is 8.32 Å². The van der Waals surface area contributed by atoms with Crippen molar-refractivity contribution < 1.29 is 13.9 Å². The quantitative estimate of drug-likeness (QED) is 0.344. The van der Waals surface area contributed by atoms with Gasteiger partial charge < -0.3 is 13.9 Å². The Morgan fingerprint density at radius 3 is 2.40 bits per heavy atom. The second kappa shape index (κ2) is 10.5. The minimum absolute atomic E-state index is 0.135. The molecule has 0 unspecified atom stereocenters. The van der Waals surface area contributed by atoms with Crippen LogP contribution in [0.1, 0.15) is 32.8 Å². The van der Waals surface area contributed by atoms with Gasteiger partial charge in [-0.25, -0.2) is 0 Å². The molecule has 2 aliphatic rings. The minimum Gasteiger partial charge on any atom is -0.544 e. The summed E-state index contributed by atoms with van der Waals surface area (Å²) in [6.45, 7) is 12.4. The van der Waals surface area contributed by atoms with E-state index in [0.29, 0.717) is 17.8 Å². The molecule has 1 atom stereocenters. The van der Waals surface area contributed by atoms with Crippen molar-refractivity contribution in [3.8, 4) is 0 Å². The van der Waals surface area contributed by atoms with E-state index in [1.807, 2.05) is 35.7 Å². The number of halogens is 1. The number of ether oxygens (including phenoxy) is 2. The van der Waals surface area contributed by atoms with Crippen LogP contribution >= 0.6 is 39.5 Å². The van der Waals surface area contributed by atoms with Crippen molar-refractivity contribution in [3.63, 3.8) is 0 Å². The van der Waals surface area contributed by atoms with Crippen molar-refractivity contribution in [2.75, 3.05) is 18.1 Å². The van der Waals surface area contributed by atoms with Crippen molar-refractivity contribution >= 4 is 47.8 Å². The fraction of sp³-hybridized carbons (Fsp3) is 0.565. The summed E-state index contributed by atoms with van der Waals surface area (Å²) < 4.78 is 20.6. The lowest BCUT2D eigenvalue weighted by Crippen LogP contribution is -2.43. The average molecular weight is 530 g/mol. The van der Waals surface area contributed by atoms with E-state index in [1.165, 1.54) is 17.9 Å². The van der Waals surface area contributed by atoms with Crippen LogP contribution in [0.2, 0.25) is 18.1 Å². The number of thioether (sulfide) groups is 2. The third kappa shape index (κ3) is 6.58. The predicted molar refractivity (Wildman–Crippen MR) is 136 cm³/mol. The molecule has 0 radical (unpaired) electrons. The Kier molecular flexibility index (Phi) is 8.52. The Balaban J connectivity index is 1.70. The molecule has 0 aliphatic carbocycles. The van der Waals surface area contributed by atoms with E-state index in [-0.39, 0.29) is 11.1 Å². The third-order valence-corrected chi connectivity index (χ3v) is 13.5. The first-order valence-electron chi connectivity index (χ1n) is 10.5. The molecule has 3 nitrogen and oxygen atoms in total. The van der Waals surface area contributed by atoms with E-state index in [4.69, 9.17) is 13.9 Å². The van der Waals surface area contributed by atoms with Crippen molar-refractivity contribution in [2.24, 2.45) is 0 Å². The van der Waals surface area contributed by atoms with Crippen LogP contribution in [-0.2, 0) is 20.5 Å². The van der Waals surface area contributed by atoms with E-state index >= 15 is 0 Å². The minimum atomic E-state index is -1.95. The lowest BCUT2D eigenvalue weighted by Gasteiger charge is -2.40. The summed E-state index contributed by atoms with van der Waals surface area (Å²) in [7, 11) is -1.95. The molecule has 3 rings (SSSR count). The molecule has 2 aliphatic heterocycles. The van der Waals surface area contributed by atoms with Gasteiger partial charge in [0, 0.05) is 4.47 Å². The lowest BCUT2D eigenvalue weighted by molar-refractivity contribution is 0.00699. The molecule has 0 spiro atoms. The molecular weight excluding hydrogens is 496 g/mol. The summed E-state index contributed by atoms with van der Waals surface area (Å²) in [6, 6.07) is 8.24. The first kappa shape index (κ1) is 24.3. The normalized spacial score (nSPS) is 20.9. The second-order valence-corrected chi connectivity index (χ2v) is 17.5. The summed E-state index contributed by atoms with van der Waals surface area (Å²) in [5.74, 6) is 4.34. The molecule has 0 bridgehead atoms. The molecule has 166 valence electrons. The van der Waals surface area contributed by atoms with Gasteiger partial charge in [0.25, 0.3) is 0 Å². The highest BCUT2D eigenvalue weighted by Gasteiger charge is 2.41. The molecule has 0 saturated carbocycles. The molecule has 1 aromatic rings. The van der Waals surface area contributed by atoms with Crippen LogP contribution < -0.4 is 0 Å². The Hall–Kier alpha value is -0.343. The van der Waals surface area contributed by atoms with Crippen molar-refractivity contribution in [2.45, 2.75) is 62.6 Å². The van der Waals surface area contributed by atoms with Gasteiger partial charge in [0.05, 0.1) is 13.2 Å². The van der Waals surface area contributed by atoms with Gasteiger partial charge in [-0.05, 0) is 65.9 Å². The second-order valence-electron chi connectivity index (χ2n) is 9.18. The van der Waals surface area contributed by atoms with Gasteiger partial charge in [-0.1, -0.05) is 48.8 Å². The molecule has 1 saturated heterocycles. The molecule has 1 fully saturated rings. The highest BCUT2D eigenvalue weighted by atomic mass is 79.9. The van der Waals surface area contributed by atoms with Crippen LogP contribution in [0, 0.1) is 0 Å². The zero-order valence-corrected chi connectivity index (χ0v) is 22.8. The largest absolute Gasteiger partial charge is 0.544 e. The Morgan fingerprint density at radius 1 is 1.10 bits per heavy atom. The van der Waals surface area contributed by atoms with E-state index in [2.05, 4.69) is 74.1 Å². The van der Waals surface area contributed by atoms with E-state index in [0.717, 1.165) is 21.6 Å². The first-order chi connectivity index (χ1) is 14.2. The van der Waals surface area contributed by atoms with E-state index < -0.39 is 8.32 Å². The number of benzene rings is 1. The zero-order chi connectivity index (χ0) is 21.8. The van der Waals surface area contributed by atoms with Crippen molar-refractivity contribution in [1.29, 1.82) is 0 Å². The van der Waals surface area contributed by atoms with Gasteiger partial charge in [0.15, 0.2) is 6.10 Å². The summed E-state index contributed by atoms with van der Waals surface area (Å²) >= 11 is 7.43. The lowest BCUT2D eigenvalue weighted by atomic mass is 10.2. The van der Waals surface area contributed by atoms with Gasteiger partial charge in [-0.3, -0.25) is 0 Å². The maximum atomic E-state index is 6.64. The monoisotopic (exact) mass is 528 g/mol. The highest BCUT2D eigenvalue weighted by molar-refractivity contribution is 9.10. The smallest absolute Gasteiger partial charge is 0.250 e. The molecule has 0 N–H and O–H groups in total. The number of hydrogen-bond donors (Lipinski definition) is 0.